The van der Waals surface area contributed by atoms with Gasteiger partial charge in [0, 0.05) is 38.9 Å². The standard InChI is InChI=1S/C20H30N6O.HI/c1-15-11-16(2)26(24-15)19-8-6-5-7-17(19)12-22-20(21-3)23-13-18-14-25(4)9-10-27-18;/h5-8,11,18H,9-10,12-14H2,1-4H3,(H2,21,22,23);1H. The number of halogens is 1. The first kappa shape index (κ1) is 22.6. The second-order valence-corrected chi connectivity index (χ2v) is 7.03. The van der Waals surface area contributed by atoms with E-state index < -0.39 is 0 Å². The number of morpholine rings is 1. The first-order valence-corrected chi connectivity index (χ1v) is 9.43. The predicted molar refractivity (Wildman–Crippen MR) is 124 cm³/mol. The first-order valence-electron chi connectivity index (χ1n) is 9.43. The van der Waals surface area contributed by atoms with Crippen LogP contribution < -0.4 is 10.6 Å². The number of guanidine groups is 1. The molecule has 2 N–H and O–H groups in total. The molecule has 1 atom stereocenters. The maximum Gasteiger partial charge on any atom is 0.191 e. The van der Waals surface area contributed by atoms with Crippen molar-refractivity contribution in [2.24, 2.45) is 4.99 Å². The molecule has 8 heteroatoms. The van der Waals surface area contributed by atoms with Gasteiger partial charge in [-0.3, -0.25) is 4.99 Å². The van der Waals surface area contributed by atoms with Gasteiger partial charge in [-0.2, -0.15) is 5.10 Å². The van der Waals surface area contributed by atoms with E-state index in [2.05, 4.69) is 57.8 Å². The van der Waals surface area contributed by atoms with Crippen LogP contribution in [0.15, 0.2) is 35.3 Å². The third-order valence-corrected chi connectivity index (χ3v) is 4.74. The van der Waals surface area contributed by atoms with Crippen LogP contribution >= 0.6 is 24.0 Å². The number of para-hydroxylation sites is 1. The quantitative estimate of drug-likeness (QED) is 0.376. The average Bonchev–Trinajstić information content (AvgIpc) is 3.00. The minimum Gasteiger partial charge on any atom is -0.374 e. The van der Waals surface area contributed by atoms with Gasteiger partial charge in [0.25, 0.3) is 0 Å². The summed E-state index contributed by atoms with van der Waals surface area (Å²) in [7, 11) is 3.91. The Bertz CT molecular complexity index is 791. The molecule has 0 amide bonds. The zero-order valence-corrected chi connectivity index (χ0v) is 19.4. The molecule has 3 rings (SSSR count). The molecule has 28 heavy (non-hydrogen) atoms. The fourth-order valence-electron chi connectivity index (χ4n) is 3.34. The average molecular weight is 498 g/mol. The SMILES string of the molecule is CN=C(NCc1ccccc1-n1nc(C)cc1C)NCC1CN(C)CCO1.I. The fraction of sp³-hybridized carbons (Fsp3) is 0.500. The summed E-state index contributed by atoms with van der Waals surface area (Å²) in [5.41, 5.74) is 4.40. The molecule has 1 aromatic carbocycles. The van der Waals surface area contributed by atoms with Crippen molar-refractivity contribution < 1.29 is 4.74 Å². The van der Waals surface area contributed by atoms with E-state index in [-0.39, 0.29) is 30.1 Å². The molecule has 0 spiro atoms. The smallest absolute Gasteiger partial charge is 0.191 e. The molecule has 7 nitrogen and oxygen atoms in total. The number of rotatable bonds is 5. The molecule has 0 bridgehead atoms. The predicted octanol–water partition coefficient (Wildman–Crippen LogP) is 2.10. The van der Waals surface area contributed by atoms with Crippen LogP contribution in [0.4, 0.5) is 0 Å². The maximum absolute atomic E-state index is 5.80. The second-order valence-electron chi connectivity index (χ2n) is 7.03. The van der Waals surface area contributed by atoms with Crippen LogP contribution in [-0.4, -0.2) is 67.1 Å². The first-order chi connectivity index (χ1) is 13.1. The number of aliphatic imine (C=N–C) groups is 1. The van der Waals surface area contributed by atoms with Crippen molar-refractivity contribution in [2.75, 3.05) is 40.3 Å². The van der Waals surface area contributed by atoms with Crippen LogP contribution in [-0.2, 0) is 11.3 Å². The van der Waals surface area contributed by atoms with Gasteiger partial charge in [0.2, 0.25) is 0 Å². The zero-order chi connectivity index (χ0) is 19.2. The number of nitrogens with one attached hydrogen (secondary N) is 2. The van der Waals surface area contributed by atoms with Gasteiger partial charge < -0.3 is 20.3 Å². The summed E-state index contributed by atoms with van der Waals surface area (Å²) in [6.45, 7) is 8.21. The summed E-state index contributed by atoms with van der Waals surface area (Å²) in [5, 5.41) is 11.4. The topological polar surface area (TPSA) is 66.7 Å². The van der Waals surface area contributed by atoms with Gasteiger partial charge in [0.15, 0.2) is 5.96 Å². The monoisotopic (exact) mass is 498 g/mol. The summed E-state index contributed by atoms with van der Waals surface area (Å²) in [6.07, 6.45) is 0.185. The highest BCUT2D eigenvalue weighted by molar-refractivity contribution is 14.0. The highest BCUT2D eigenvalue weighted by Crippen LogP contribution is 2.16. The molecule has 1 unspecified atom stereocenters. The Labute approximate surface area is 184 Å². The Hall–Kier alpha value is -1.65. The van der Waals surface area contributed by atoms with Crippen LogP contribution in [0.1, 0.15) is 17.0 Å². The Balaban J connectivity index is 0.00000280. The van der Waals surface area contributed by atoms with Gasteiger partial charge in [0.1, 0.15) is 0 Å². The molecule has 1 aliphatic rings. The van der Waals surface area contributed by atoms with Crippen molar-refractivity contribution >= 4 is 29.9 Å². The van der Waals surface area contributed by atoms with E-state index in [9.17, 15) is 0 Å². The molecule has 154 valence electrons. The lowest BCUT2D eigenvalue weighted by Crippen LogP contribution is -2.48. The highest BCUT2D eigenvalue weighted by atomic mass is 127. The number of aromatic nitrogens is 2. The van der Waals surface area contributed by atoms with Crippen LogP contribution in [0.2, 0.25) is 0 Å². The number of likely N-dealkylation sites (N-methyl/N-ethyl adjacent to an activating group) is 1. The van der Waals surface area contributed by atoms with Gasteiger partial charge >= 0.3 is 0 Å². The zero-order valence-electron chi connectivity index (χ0n) is 17.1. The van der Waals surface area contributed by atoms with Crippen LogP contribution in [0.5, 0.6) is 0 Å². The largest absolute Gasteiger partial charge is 0.374 e. The molecular formula is C20H31IN6O. The number of hydrogen-bond acceptors (Lipinski definition) is 4. The van der Waals surface area contributed by atoms with E-state index in [0.29, 0.717) is 6.54 Å². The van der Waals surface area contributed by atoms with Crippen molar-refractivity contribution in [2.45, 2.75) is 26.5 Å². The maximum atomic E-state index is 5.80. The summed E-state index contributed by atoms with van der Waals surface area (Å²) >= 11 is 0. The lowest BCUT2D eigenvalue weighted by atomic mass is 10.1. The third-order valence-electron chi connectivity index (χ3n) is 4.74. The summed E-state index contributed by atoms with van der Waals surface area (Å²) in [5.74, 6) is 0.773. The van der Waals surface area contributed by atoms with Gasteiger partial charge in [0.05, 0.1) is 24.1 Å². The number of ether oxygens (including phenoxy) is 1. The number of nitrogens with zero attached hydrogens (tertiary/aromatic N) is 4. The van der Waals surface area contributed by atoms with Crippen molar-refractivity contribution in [3.05, 3.63) is 47.3 Å². The summed E-state index contributed by atoms with van der Waals surface area (Å²) in [4.78, 5) is 6.62. The minimum atomic E-state index is 0. The molecule has 1 saturated heterocycles. The Morgan fingerprint density at radius 2 is 2.07 bits per heavy atom. The number of hydrogen-bond donors (Lipinski definition) is 2. The molecule has 1 fully saturated rings. The lowest BCUT2D eigenvalue weighted by molar-refractivity contribution is -0.0161. The molecule has 0 radical (unpaired) electrons. The van der Waals surface area contributed by atoms with Gasteiger partial charge in [-0.05, 0) is 38.6 Å². The molecule has 0 saturated carbocycles. The molecule has 1 aliphatic heterocycles. The van der Waals surface area contributed by atoms with Crippen molar-refractivity contribution in [1.29, 1.82) is 0 Å². The number of benzene rings is 1. The third kappa shape index (κ3) is 5.92. The molecule has 2 heterocycles. The second kappa shape index (κ2) is 10.8. The van der Waals surface area contributed by atoms with Crippen LogP contribution in [0.3, 0.4) is 0 Å². The molecule has 1 aromatic heterocycles. The lowest BCUT2D eigenvalue weighted by Gasteiger charge is -2.30. The van der Waals surface area contributed by atoms with Crippen LogP contribution in [0.25, 0.3) is 5.69 Å². The van der Waals surface area contributed by atoms with E-state index in [4.69, 9.17) is 4.74 Å². The Morgan fingerprint density at radius 3 is 2.75 bits per heavy atom. The van der Waals surface area contributed by atoms with Crippen molar-refractivity contribution in [3.8, 4) is 5.69 Å². The number of aryl methyl sites for hydroxylation is 2. The van der Waals surface area contributed by atoms with Gasteiger partial charge in [-0.1, -0.05) is 18.2 Å². The van der Waals surface area contributed by atoms with E-state index in [1.54, 1.807) is 7.05 Å². The summed E-state index contributed by atoms with van der Waals surface area (Å²) < 4.78 is 7.79. The molecule has 2 aromatic rings. The summed E-state index contributed by atoms with van der Waals surface area (Å²) in [6, 6.07) is 10.4. The van der Waals surface area contributed by atoms with Crippen molar-refractivity contribution in [1.82, 2.24) is 25.3 Å². The highest BCUT2D eigenvalue weighted by Gasteiger charge is 2.17. The Kier molecular flexibility index (Phi) is 8.71. The van der Waals surface area contributed by atoms with E-state index in [1.807, 2.05) is 23.7 Å². The molecule has 0 aliphatic carbocycles. The van der Waals surface area contributed by atoms with E-state index >= 15 is 0 Å². The van der Waals surface area contributed by atoms with Crippen LogP contribution in [0, 0.1) is 13.8 Å². The van der Waals surface area contributed by atoms with Gasteiger partial charge in [-0.15, -0.1) is 24.0 Å². The minimum absolute atomic E-state index is 0. The molecular weight excluding hydrogens is 467 g/mol. The van der Waals surface area contributed by atoms with Crippen molar-refractivity contribution in [3.63, 3.8) is 0 Å². The van der Waals surface area contributed by atoms with E-state index in [1.165, 1.54) is 5.56 Å². The van der Waals surface area contributed by atoms with Gasteiger partial charge in [-0.25, -0.2) is 4.68 Å². The fourth-order valence-corrected chi connectivity index (χ4v) is 3.34. The normalized spacial score (nSPS) is 17.9. The van der Waals surface area contributed by atoms with E-state index in [0.717, 1.165) is 49.3 Å². The Morgan fingerprint density at radius 1 is 1.29 bits per heavy atom.